The largest absolute Gasteiger partial charge is 0.475 e. The summed E-state index contributed by atoms with van der Waals surface area (Å²) in [5.41, 5.74) is 0.929. The molecule has 0 aliphatic carbocycles. The van der Waals surface area contributed by atoms with E-state index in [9.17, 15) is 0 Å². The van der Waals surface area contributed by atoms with Crippen LogP contribution in [0.25, 0.3) is 10.9 Å². The maximum absolute atomic E-state index is 5.44. The molecule has 16 heavy (non-hydrogen) atoms. The summed E-state index contributed by atoms with van der Waals surface area (Å²) in [6.45, 7) is 1.09. The van der Waals surface area contributed by atoms with Crippen LogP contribution in [0.1, 0.15) is 0 Å². The van der Waals surface area contributed by atoms with Gasteiger partial charge in [0.1, 0.15) is 6.61 Å². The number of aromatic nitrogens is 1. The van der Waals surface area contributed by atoms with Gasteiger partial charge in [0.05, 0.1) is 12.1 Å². The summed E-state index contributed by atoms with van der Waals surface area (Å²) in [6.07, 6.45) is 0. The fourth-order valence-electron chi connectivity index (χ4n) is 1.39. The molecule has 0 atom stereocenters. The molecule has 0 saturated heterocycles. The quantitative estimate of drug-likeness (QED) is 0.808. The molecule has 0 radical (unpaired) electrons. The van der Waals surface area contributed by atoms with Crippen LogP contribution in [0.3, 0.4) is 0 Å². The van der Waals surface area contributed by atoms with Gasteiger partial charge in [-0.3, -0.25) is 0 Å². The van der Waals surface area contributed by atoms with Crippen molar-refractivity contribution in [1.82, 2.24) is 4.98 Å². The lowest BCUT2D eigenvalue weighted by Gasteiger charge is -2.05. The van der Waals surface area contributed by atoms with E-state index in [1.165, 1.54) is 0 Å². The van der Waals surface area contributed by atoms with Gasteiger partial charge in [0, 0.05) is 23.0 Å². The van der Waals surface area contributed by atoms with E-state index in [2.05, 4.69) is 20.9 Å². The number of nitrogens with zero attached hydrogens (tertiary/aromatic N) is 1. The number of fused-ring (bicyclic) bond motifs is 1. The Bertz CT molecular complexity index is 487. The molecule has 2 rings (SSSR count). The Labute approximate surface area is 103 Å². The number of benzene rings is 1. The number of rotatable bonds is 4. The number of halogens is 1. The average Bonchev–Trinajstić information content (AvgIpc) is 2.29. The fourth-order valence-corrected chi connectivity index (χ4v) is 1.77. The first kappa shape index (κ1) is 11.4. The van der Waals surface area contributed by atoms with Gasteiger partial charge in [-0.05, 0) is 24.3 Å². The molecule has 0 spiro atoms. The molecule has 0 aliphatic heterocycles. The average molecular weight is 282 g/mol. The van der Waals surface area contributed by atoms with Crippen LogP contribution >= 0.6 is 15.9 Å². The van der Waals surface area contributed by atoms with E-state index in [1.54, 1.807) is 7.11 Å². The van der Waals surface area contributed by atoms with Gasteiger partial charge in [0.2, 0.25) is 5.88 Å². The topological polar surface area (TPSA) is 31.4 Å². The van der Waals surface area contributed by atoms with Crippen LogP contribution in [0.5, 0.6) is 5.88 Å². The smallest absolute Gasteiger partial charge is 0.213 e. The highest BCUT2D eigenvalue weighted by Gasteiger charge is 1.99. The van der Waals surface area contributed by atoms with Gasteiger partial charge < -0.3 is 9.47 Å². The van der Waals surface area contributed by atoms with Crippen molar-refractivity contribution in [1.29, 1.82) is 0 Å². The second-order valence-corrected chi connectivity index (χ2v) is 4.24. The molecule has 1 aromatic carbocycles. The molecular weight excluding hydrogens is 270 g/mol. The zero-order valence-electron chi connectivity index (χ0n) is 8.94. The Morgan fingerprint density at radius 3 is 2.88 bits per heavy atom. The van der Waals surface area contributed by atoms with Crippen LogP contribution in [-0.4, -0.2) is 25.3 Å². The molecule has 84 valence electrons. The van der Waals surface area contributed by atoms with Crippen molar-refractivity contribution in [2.24, 2.45) is 0 Å². The Morgan fingerprint density at radius 2 is 2.06 bits per heavy atom. The second kappa shape index (κ2) is 5.27. The number of hydrogen-bond donors (Lipinski definition) is 0. The molecule has 0 saturated carbocycles. The van der Waals surface area contributed by atoms with Gasteiger partial charge in [-0.1, -0.05) is 15.9 Å². The predicted molar refractivity (Wildman–Crippen MR) is 66.8 cm³/mol. The molecule has 0 fully saturated rings. The van der Waals surface area contributed by atoms with Gasteiger partial charge >= 0.3 is 0 Å². The van der Waals surface area contributed by atoms with Crippen LogP contribution in [0.4, 0.5) is 0 Å². The van der Waals surface area contributed by atoms with Gasteiger partial charge in [-0.2, -0.15) is 0 Å². The molecular formula is C12H12BrNO2. The molecule has 1 aromatic heterocycles. The Kier molecular flexibility index (Phi) is 3.74. The Balaban J connectivity index is 2.20. The summed E-state index contributed by atoms with van der Waals surface area (Å²) < 4.78 is 11.4. The third kappa shape index (κ3) is 2.71. The zero-order valence-corrected chi connectivity index (χ0v) is 10.5. The first-order chi connectivity index (χ1) is 7.79. The molecule has 0 unspecified atom stereocenters. The Morgan fingerprint density at radius 1 is 1.19 bits per heavy atom. The van der Waals surface area contributed by atoms with Crippen molar-refractivity contribution in [2.45, 2.75) is 0 Å². The van der Waals surface area contributed by atoms with Crippen molar-refractivity contribution < 1.29 is 9.47 Å². The van der Waals surface area contributed by atoms with Crippen LogP contribution in [0, 0.1) is 0 Å². The minimum Gasteiger partial charge on any atom is -0.475 e. The molecule has 0 aliphatic rings. The number of hydrogen-bond acceptors (Lipinski definition) is 3. The van der Waals surface area contributed by atoms with Gasteiger partial charge in [-0.25, -0.2) is 4.98 Å². The standard InChI is InChI=1S/C12H12BrNO2/c1-15-6-7-16-12-5-2-9-8-10(13)3-4-11(9)14-12/h2-5,8H,6-7H2,1H3. The van der Waals surface area contributed by atoms with Crippen LogP contribution < -0.4 is 4.74 Å². The summed E-state index contributed by atoms with van der Waals surface area (Å²) in [4.78, 5) is 4.39. The van der Waals surface area contributed by atoms with Crippen molar-refractivity contribution in [2.75, 3.05) is 20.3 Å². The highest BCUT2D eigenvalue weighted by Crippen LogP contribution is 2.20. The highest BCUT2D eigenvalue weighted by molar-refractivity contribution is 9.10. The highest BCUT2D eigenvalue weighted by atomic mass is 79.9. The maximum Gasteiger partial charge on any atom is 0.213 e. The van der Waals surface area contributed by atoms with E-state index in [1.807, 2.05) is 30.3 Å². The minimum atomic E-state index is 0.519. The summed E-state index contributed by atoms with van der Waals surface area (Å²) in [5, 5.41) is 1.09. The first-order valence-corrected chi connectivity index (χ1v) is 5.77. The lowest BCUT2D eigenvalue weighted by atomic mass is 10.2. The molecule has 0 amide bonds. The molecule has 0 N–H and O–H groups in total. The summed E-state index contributed by atoms with van der Waals surface area (Å²) in [5.74, 6) is 0.631. The van der Waals surface area contributed by atoms with Crippen molar-refractivity contribution in [3.8, 4) is 5.88 Å². The second-order valence-electron chi connectivity index (χ2n) is 3.33. The maximum atomic E-state index is 5.44. The van der Waals surface area contributed by atoms with Crippen molar-refractivity contribution in [3.05, 3.63) is 34.8 Å². The van der Waals surface area contributed by atoms with Crippen LogP contribution in [-0.2, 0) is 4.74 Å². The van der Waals surface area contributed by atoms with Gasteiger partial charge in [0.15, 0.2) is 0 Å². The molecule has 4 heteroatoms. The van der Waals surface area contributed by atoms with Crippen molar-refractivity contribution in [3.63, 3.8) is 0 Å². The third-order valence-corrected chi connectivity index (χ3v) is 2.66. The zero-order chi connectivity index (χ0) is 11.4. The fraction of sp³-hybridized carbons (Fsp3) is 0.250. The molecule has 2 aromatic rings. The van der Waals surface area contributed by atoms with Crippen molar-refractivity contribution >= 4 is 26.8 Å². The summed E-state index contributed by atoms with van der Waals surface area (Å²) in [7, 11) is 1.65. The normalized spacial score (nSPS) is 10.6. The lowest BCUT2D eigenvalue weighted by molar-refractivity contribution is 0.144. The first-order valence-electron chi connectivity index (χ1n) is 4.97. The number of ether oxygens (including phenoxy) is 2. The van der Waals surface area contributed by atoms with E-state index in [4.69, 9.17) is 9.47 Å². The van der Waals surface area contributed by atoms with E-state index < -0.39 is 0 Å². The number of pyridine rings is 1. The van der Waals surface area contributed by atoms with Gasteiger partial charge in [0.25, 0.3) is 0 Å². The minimum absolute atomic E-state index is 0.519. The molecule has 3 nitrogen and oxygen atoms in total. The van der Waals surface area contributed by atoms with E-state index in [0.29, 0.717) is 19.1 Å². The van der Waals surface area contributed by atoms with Crippen LogP contribution in [0.15, 0.2) is 34.8 Å². The summed E-state index contributed by atoms with van der Waals surface area (Å²) >= 11 is 3.43. The van der Waals surface area contributed by atoms with E-state index in [0.717, 1.165) is 15.4 Å². The number of methoxy groups -OCH3 is 1. The third-order valence-electron chi connectivity index (χ3n) is 2.16. The van der Waals surface area contributed by atoms with E-state index in [-0.39, 0.29) is 0 Å². The predicted octanol–water partition coefficient (Wildman–Crippen LogP) is 3.02. The molecule has 1 heterocycles. The van der Waals surface area contributed by atoms with Gasteiger partial charge in [-0.15, -0.1) is 0 Å². The van der Waals surface area contributed by atoms with Crippen LogP contribution in [0.2, 0.25) is 0 Å². The SMILES string of the molecule is COCCOc1ccc2cc(Br)ccc2n1. The van der Waals surface area contributed by atoms with E-state index >= 15 is 0 Å². The lowest BCUT2D eigenvalue weighted by Crippen LogP contribution is -2.05. The monoisotopic (exact) mass is 281 g/mol. The summed E-state index contributed by atoms with van der Waals surface area (Å²) in [6, 6.07) is 9.82. The molecule has 0 bridgehead atoms. The Hall–Kier alpha value is -1.13.